The monoisotopic (exact) mass is 600 g/mol. The van der Waals surface area contributed by atoms with Crippen molar-refractivity contribution in [2.45, 2.75) is 6.92 Å². The Morgan fingerprint density at radius 3 is 2.47 bits per heavy atom. The van der Waals surface area contributed by atoms with Gasteiger partial charge in [0.05, 0.1) is 20.7 Å². The van der Waals surface area contributed by atoms with Crippen molar-refractivity contribution >= 4 is 85.3 Å². The normalized spacial score (nSPS) is 12.0. The van der Waals surface area contributed by atoms with Crippen LogP contribution in [0.3, 0.4) is 0 Å². The summed E-state index contributed by atoms with van der Waals surface area (Å²) in [5.74, 6) is -1.86. The van der Waals surface area contributed by atoms with Gasteiger partial charge in [0.2, 0.25) is 0 Å². The quantitative estimate of drug-likeness (QED) is 0.367. The van der Waals surface area contributed by atoms with E-state index in [2.05, 4.69) is 50.5 Å². The van der Waals surface area contributed by atoms with Crippen LogP contribution in [0.4, 0.5) is 5.69 Å². The molecule has 0 spiro atoms. The minimum Gasteiger partial charge on any atom is -0.481 e. The van der Waals surface area contributed by atoms with Crippen LogP contribution >= 0.6 is 67.8 Å². The second kappa shape index (κ2) is 7.24. The van der Waals surface area contributed by atoms with Gasteiger partial charge >= 0.3 is 5.97 Å². The summed E-state index contributed by atoms with van der Waals surface area (Å²) in [6, 6.07) is 1.83. The van der Waals surface area contributed by atoms with Crippen LogP contribution in [0.1, 0.15) is 17.3 Å². The summed E-state index contributed by atoms with van der Waals surface area (Å²) in [4.78, 5) is 22.8. The third kappa shape index (κ3) is 4.31. The minimum atomic E-state index is -0.938. The lowest BCUT2D eigenvalue weighted by molar-refractivity contribution is -0.140. The first-order valence-electron chi connectivity index (χ1n) is 5.19. The first kappa shape index (κ1) is 17.2. The number of nitrogens with two attached hydrogens (primary N) is 1. The number of carbonyl (C=O) groups excluding carboxylic acids is 1. The number of anilines is 1. The van der Waals surface area contributed by atoms with Gasteiger partial charge in [0.1, 0.15) is 0 Å². The van der Waals surface area contributed by atoms with Gasteiger partial charge in [-0.3, -0.25) is 9.59 Å². The summed E-state index contributed by atoms with van der Waals surface area (Å²) in [5.41, 5.74) is 6.97. The fourth-order valence-corrected chi connectivity index (χ4v) is 5.10. The van der Waals surface area contributed by atoms with Crippen LogP contribution in [0.15, 0.2) is 6.07 Å². The molecule has 0 aliphatic heterocycles. The molecule has 19 heavy (non-hydrogen) atoms. The van der Waals surface area contributed by atoms with E-state index in [1.807, 2.05) is 28.7 Å². The molecule has 0 heterocycles. The second-order valence-electron chi connectivity index (χ2n) is 3.89. The van der Waals surface area contributed by atoms with Crippen LogP contribution in [0, 0.1) is 16.6 Å². The smallest absolute Gasteiger partial charge is 0.308 e. The van der Waals surface area contributed by atoms with Crippen LogP contribution in [-0.2, 0) is 4.79 Å². The molecule has 0 radical (unpaired) electrons. The van der Waals surface area contributed by atoms with Gasteiger partial charge in [-0.2, -0.15) is 0 Å². The molecule has 0 aliphatic carbocycles. The van der Waals surface area contributed by atoms with Crippen molar-refractivity contribution < 1.29 is 14.7 Å². The van der Waals surface area contributed by atoms with Crippen molar-refractivity contribution in [2.75, 3.05) is 12.3 Å². The van der Waals surface area contributed by atoms with Crippen molar-refractivity contribution in [3.8, 4) is 0 Å². The maximum absolute atomic E-state index is 12.1. The van der Waals surface area contributed by atoms with E-state index in [9.17, 15) is 9.59 Å². The highest BCUT2D eigenvalue weighted by molar-refractivity contribution is 14.1. The zero-order valence-corrected chi connectivity index (χ0v) is 16.3. The topological polar surface area (TPSA) is 92.4 Å². The molecule has 0 saturated carbocycles. The lowest BCUT2D eigenvalue weighted by atomic mass is 10.1. The van der Waals surface area contributed by atoms with Crippen molar-refractivity contribution in [3.63, 3.8) is 0 Å². The molecule has 1 atom stereocenters. The zero-order valence-electron chi connectivity index (χ0n) is 9.84. The Morgan fingerprint density at radius 1 is 1.37 bits per heavy atom. The molecular formula is C11H11I3N2O3. The van der Waals surface area contributed by atoms with E-state index in [-0.39, 0.29) is 12.5 Å². The number of amides is 1. The molecule has 0 saturated heterocycles. The molecule has 5 nitrogen and oxygen atoms in total. The van der Waals surface area contributed by atoms with Crippen molar-refractivity contribution in [2.24, 2.45) is 5.92 Å². The maximum Gasteiger partial charge on any atom is 0.308 e. The summed E-state index contributed by atoms with van der Waals surface area (Å²) in [6.45, 7) is 1.63. The molecule has 1 rings (SSSR count). The number of nitrogens with one attached hydrogen (secondary N) is 1. The van der Waals surface area contributed by atoms with E-state index in [0.717, 1.165) is 7.14 Å². The number of benzene rings is 1. The van der Waals surface area contributed by atoms with E-state index >= 15 is 0 Å². The summed E-state index contributed by atoms with van der Waals surface area (Å²) < 4.78 is 2.37. The van der Waals surface area contributed by atoms with Gasteiger partial charge < -0.3 is 16.2 Å². The van der Waals surface area contributed by atoms with Crippen LogP contribution in [-0.4, -0.2) is 23.5 Å². The lowest BCUT2D eigenvalue weighted by Crippen LogP contribution is -2.32. The number of halogens is 3. The van der Waals surface area contributed by atoms with Crippen molar-refractivity contribution in [3.05, 3.63) is 22.3 Å². The lowest BCUT2D eigenvalue weighted by Gasteiger charge is -2.13. The molecule has 104 valence electrons. The van der Waals surface area contributed by atoms with Gasteiger partial charge in [-0.15, -0.1) is 0 Å². The molecule has 0 fully saturated rings. The van der Waals surface area contributed by atoms with Crippen LogP contribution in [0.2, 0.25) is 0 Å². The molecule has 1 unspecified atom stereocenters. The van der Waals surface area contributed by atoms with E-state index in [1.54, 1.807) is 6.92 Å². The number of carboxylic acid groups (broad SMARTS) is 1. The number of aliphatic carboxylic acids is 1. The molecule has 0 aromatic heterocycles. The second-order valence-corrected chi connectivity index (χ2v) is 7.30. The first-order chi connectivity index (χ1) is 8.75. The molecule has 0 bridgehead atoms. The summed E-state index contributed by atoms with van der Waals surface area (Å²) in [6.07, 6.45) is 0. The van der Waals surface area contributed by atoms with Gasteiger partial charge in [0, 0.05) is 13.7 Å². The third-order valence-electron chi connectivity index (χ3n) is 2.42. The average molecular weight is 600 g/mol. The zero-order chi connectivity index (χ0) is 14.7. The Balaban J connectivity index is 2.95. The van der Waals surface area contributed by atoms with Gasteiger partial charge in [0.15, 0.2) is 0 Å². The van der Waals surface area contributed by atoms with Crippen LogP contribution in [0.25, 0.3) is 0 Å². The third-order valence-corrected chi connectivity index (χ3v) is 5.29. The fraction of sp³-hybridized carbons (Fsp3) is 0.273. The summed E-state index contributed by atoms with van der Waals surface area (Å²) in [7, 11) is 0. The number of hydrogen-bond donors (Lipinski definition) is 3. The fourth-order valence-electron chi connectivity index (χ4n) is 1.24. The van der Waals surface area contributed by atoms with Crippen LogP contribution in [0.5, 0.6) is 0 Å². The number of hydrogen-bond acceptors (Lipinski definition) is 3. The van der Waals surface area contributed by atoms with E-state index in [0.29, 0.717) is 14.8 Å². The SMILES string of the molecule is CC(CNC(=O)c1c(I)cc(I)c(N)c1I)C(=O)O. The molecule has 1 aromatic rings. The molecule has 8 heteroatoms. The summed E-state index contributed by atoms with van der Waals surface area (Å²) >= 11 is 6.21. The highest BCUT2D eigenvalue weighted by Crippen LogP contribution is 2.29. The Kier molecular flexibility index (Phi) is 6.56. The Bertz CT molecular complexity index is 534. The highest BCUT2D eigenvalue weighted by atomic mass is 127. The van der Waals surface area contributed by atoms with Gasteiger partial charge in [-0.25, -0.2) is 0 Å². The van der Waals surface area contributed by atoms with E-state index in [4.69, 9.17) is 10.8 Å². The van der Waals surface area contributed by atoms with Crippen molar-refractivity contribution in [1.29, 1.82) is 0 Å². The van der Waals surface area contributed by atoms with Gasteiger partial charge in [0.25, 0.3) is 5.91 Å². The highest BCUT2D eigenvalue weighted by Gasteiger charge is 2.20. The Labute approximate surface area is 151 Å². The molecular weight excluding hydrogens is 589 g/mol. The van der Waals surface area contributed by atoms with Crippen LogP contribution < -0.4 is 11.1 Å². The van der Waals surface area contributed by atoms with Gasteiger partial charge in [-0.1, -0.05) is 6.92 Å². The number of nitrogen functional groups attached to an aromatic ring is 1. The molecule has 4 N–H and O–H groups in total. The Hall–Kier alpha value is 0.150. The number of carboxylic acids is 1. The maximum atomic E-state index is 12.1. The molecule has 1 aromatic carbocycles. The average Bonchev–Trinajstić information content (AvgIpc) is 2.33. The number of carbonyl (C=O) groups is 2. The Morgan fingerprint density at radius 2 is 1.95 bits per heavy atom. The number of rotatable bonds is 4. The van der Waals surface area contributed by atoms with Gasteiger partial charge in [-0.05, 0) is 73.8 Å². The molecule has 1 amide bonds. The predicted molar refractivity (Wildman–Crippen MR) is 98.1 cm³/mol. The first-order valence-corrected chi connectivity index (χ1v) is 8.43. The predicted octanol–water partition coefficient (Wildman–Crippen LogP) is 2.53. The van der Waals surface area contributed by atoms with E-state index < -0.39 is 11.9 Å². The largest absolute Gasteiger partial charge is 0.481 e. The van der Waals surface area contributed by atoms with E-state index in [1.165, 1.54) is 0 Å². The standard InChI is InChI=1S/C11H11I3N2O3/c1-4(11(18)19)3-16-10(17)7-5(12)2-6(13)9(15)8(7)14/h2,4H,3,15H2,1H3,(H,16,17)(H,18,19). The summed E-state index contributed by atoms with van der Waals surface area (Å²) in [5, 5.41) is 11.4. The molecule has 0 aliphatic rings. The minimum absolute atomic E-state index is 0.0895. The van der Waals surface area contributed by atoms with Crippen molar-refractivity contribution in [1.82, 2.24) is 5.32 Å².